The number of anilines is 1. The van der Waals surface area contributed by atoms with Crippen LogP contribution in [0, 0.1) is 0 Å². The molecule has 27 heavy (non-hydrogen) atoms. The number of aryl methyl sites for hydroxylation is 1. The van der Waals surface area contributed by atoms with Crippen LogP contribution in [0.25, 0.3) is 0 Å². The zero-order valence-electron chi connectivity index (χ0n) is 15.2. The van der Waals surface area contributed by atoms with Crippen LogP contribution in [0.15, 0.2) is 9.82 Å². The Balaban J connectivity index is 1.71. The third-order valence-corrected chi connectivity index (χ3v) is 6.35. The first kappa shape index (κ1) is 20.0. The number of amides is 1. The quantitative estimate of drug-likeness (QED) is 0.504. The standard InChI is InChI=1S/C17H23N5O3S2/c1-2-14-20-21-16(27-14)18-13(24)10-26-15-11-6-3-4-7-12(11)22(8-5-9-23)17(25)19-15/h23H,2-10H2,1H3,(H,18,21,24). The van der Waals surface area contributed by atoms with Gasteiger partial charge < -0.3 is 5.11 Å². The molecule has 0 unspecified atom stereocenters. The molecular weight excluding hydrogens is 386 g/mol. The zero-order valence-corrected chi connectivity index (χ0v) is 16.9. The van der Waals surface area contributed by atoms with E-state index in [2.05, 4.69) is 20.5 Å². The molecule has 2 aromatic heterocycles. The number of nitrogens with one attached hydrogen (secondary N) is 1. The van der Waals surface area contributed by atoms with Gasteiger partial charge in [-0.2, -0.15) is 4.98 Å². The van der Waals surface area contributed by atoms with Crippen molar-refractivity contribution in [3.8, 4) is 0 Å². The van der Waals surface area contributed by atoms with Gasteiger partial charge >= 0.3 is 5.69 Å². The van der Waals surface area contributed by atoms with Crippen molar-refractivity contribution in [1.82, 2.24) is 19.7 Å². The van der Waals surface area contributed by atoms with Gasteiger partial charge in [-0.3, -0.25) is 14.7 Å². The second-order valence-corrected chi connectivity index (χ2v) is 8.28. The largest absolute Gasteiger partial charge is 0.396 e. The number of nitrogens with zero attached hydrogens (tertiary/aromatic N) is 4. The van der Waals surface area contributed by atoms with Crippen molar-refractivity contribution in [2.75, 3.05) is 17.7 Å². The third-order valence-electron chi connectivity index (χ3n) is 4.35. The Hall–Kier alpha value is -1.78. The van der Waals surface area contributed by atoms with Crippen molar-refractivity contribution in [2.45, 2.75) is 57.0 Å². The van der Waals surface area contributed by atoms with Gasteiger partial charge in [0.05, 0.1) is 5.75 Å². The fourth-order valence-electron chi connectivity index (χ4n) is 3.06. The SMILES string of the molecule is CCc1nnc(NC(=O)CSc2nc(=O)n(CCCO)c3c2CCCC3)s1. The van der Waals surface area contributed by atoms with Gasteiger partial charge in [-0.05, 0) is 38.5 Å². The van der Waals surface area contributed by atoms with E-state index in [-0.39, 0.29) is 24.0 Å². The smallest absolute Gasteiger partial charge is 0.348 e. The number of hydrogen-bond donors (Lipinski definition) is 2. The molecule has 0 saturated heterocycles. The van der Waals surface area contributed by atoms with E-state index in [9.17, 15) is 9.59 Å². The van der Waals surface area contributed by atoms with Crippen LogP contribution >= 0.6 is 23.1 Å². The van der Waals surface area contributed by atoms with Crippen LogP contribution in [0.4, 0.5) is 5.13 Å². The summed E-state index contributed by atoms with van der Waals surface area (Å²) in [4.78, 5) is 28.9. The van der Waals surface area contributed by atoms with E-state index in [0.29, 0.717) is 23.1 Å². The lowest BCUT2D eigenvalue weighted by Crippen LogP contribution is -2.30. The highest BCUT2D eigenvalue weighted by molar-refractivity contribution is 8.00. The van der Waals surface area contributed by atoms with Crippen molar-refractivity contribution in [3.63, 3.8) is 0 Å². The summed E-state index contributed by atoms with van der Waals surface area (Å²) in [6.07, 6.45) is 5.11. The average molecular weight is 410 g/mol. The Bertz CT molecular complexity index is 865. The van der Waals surface area contributed by atoms with Crippen molar-refractivity contribution in [1.29, 1.82) is 0 Å². The summed E-state index contributed by atoms with van der Waals surface area (Å²) in [5.41, 5.74) is 1.78. The molecule has 0 atom stereocenters. The molecule has 3 rings (SSSR count). The Morgan fingerprint density at radius 1 is 1.33 bits per heavy atom. The molecule has 0 radical (unpaired) electrons. The summed E-state index contributed by atoms with van der Waals surface area (Å²) in [5, 5.41) is 21.8. The molecule has 8 nitrogen and oxygen atoms in total. The Labute approximate surface area is 165 Å². The highest BCUT2D eigenvalue weighted by Crippen LogP contribution is 2.28. The zero-order chi connectivity index (χ0) is 19.2. The van der Waals surface area contributed by atoms with E-state index in [4.69, 9.17) is 5.11 Å². The van der Waals surface area contributed by atoms with Crippen molar-refractivity contribution < 1.29 is 9.90 Å². The van der Waals surface area contributed by atoms with Gasteiger partial charge in [-0.25, -0.2) is 4.79 Å². The maximum Gasteiger partial charge on any atom is 0.348 e. The fraction of sp³-hybridized carbons (Fsp3) is 0.588. The number of hydrogen-bond acceptors (Lipinski definition) is 8. The van der Waals surface area contributed by atoms with Gasteiger partial charge in [0, 0.05) is 24.4 Å². The topological polar surface area (TPSA) is 110 Å². The molecule has 1 amide bonds. The molecule has 0 aromatic carbocycles. The maximum absolute atomic E-state index is 12.4. The summed E-state index contributed by atoms with van der Waals surface area (Å²) in [6, 6.07) is 0. The average Bonchev–Trinajstić information content (AvgIpc) is 3.13. The van der Waals surface area contributed by atoms with E-state index in [1.807, 2.05) is 6.92 Å². The maximum atomic E-state index is 12.4. The number of aliphatic hydroxyl groups excluding tert-OH is 1. The highest BCUT2D eigenvalue weighted by atomic mass is 32.2. The molecule has 2 N–H and O–H groups in total. The molecule has 10 heteroatoms. The van der Waals surface area contributed by atoms with Crippen LogP contribution in [0.5, 0.6) is 0 Å². The van der Waals surface area contributed by atoms with E-state index in [1.54, 1.807) is 4.57 Å². The molecule has 0 spiro atoms. The van der Waals surface area contributed by atoms with Crippen molar-refractivity contribution in [2.24, 2.45) is 0 Å². The van der Waals surface area contributed by atoms with Gasteiger partial charge in [0.2, 0.25) is 11.0 Å². The number of carbonyl (C=O) groups excluding carboxylic acids is 1. The number of carbonyl (C=O) groups is 1. The van der Waals surface area contributed by atoms with E-state index in [0.717, 1.165) is 48.4 Å². The molecule has 0 aliphatic heterocycles. The van der Waals surface area contributed by atoms with Gasteiger partial charge in [-0.1, -0.05) is 30.0 Å². The summed E-state index contributed by atoms with van der Waals surface area (Å²) in [5.74, 6) is -0.0183. The molecule has 146 valence electrons. The fourth-order valence-corrected chi connectivity index (χ4v) is 4.64. The summed E-state index contributed by atoms with van der Waals surface area (Å²) in [7, 11) is 0. The summed E-state index contributed by atoms with van der Waals surface area (Å²) >= 11 is 2.66. The molecule has 1 aliphatic rings. The van der Waals surface area contributed by atoms with Crippen LogP contribution in [0.1, 0.15) is 42.5 Å². The number of rotatable bonds is 8. The second-order valence-electron chi connectivity index (χ2n) is 6.25. The lowest BCUT2D eigenvalue weighted by Gasteiger charge is -2.22. The Morgan fingerprint density at radius 2 is 2.15 bits per heavy atom. The minimum absolute atomic E-state index is 0.0449. The number of thioether (sulfide) groups is 1. The number of aromatic nitrogens is 4. The lowest BCUT2D eigenvalue weighted by molar-refractivity contribution is -0.113. The van der Waals surface area contributed by atoms with E-state index < -0.39 is 0 Å². The monoisotopic (exact) mass is 409 g/mol. The normalized spacial score (nSPS) is 13.4. The molecular formula is C17H23N5O3S2. The van der Waals surface area contributed by atoms with Crippen LogP contribution in [-0.2, 0) is 30.6 Å². The minimum atomic E-state index is -0.302. The third kappa shape index (κ3) is 4.94. The molecule has 1 aliphatic carbocycles. The lowest BCUT2D eigenvalue weighted by atomic mass is 9.97. The van der Waals surface area contributed by atoms with Gasteiger partial charge in [-0.15, -0.1) is 10.2 Å². The van der Waals surface area contributed by atoms with Crippen molar-refractivity contribution in [3.05, 3.63) is 26.7 Å². The first-order valence-corrected chi connectivity index (χ1v) is 10.9. The van der Waals surface area contributed by atoms with E-state index >= 15 is 0 Å². The Morgan fingerprint density at radius 3 is 2.89 bits per heavy atom. The van der Waals surface area contributed by atoms with Crippen LogP contribution in [0.2, 0.25) is 0 Å². The molecule has 0 bridgehead atoms. The molecule has 0 saturated carbocycles. The number of aliphatic hydroxyl groups is 1. The minimum Gasteiger partial charge on any atom is -0.396 e. The molecule has 0 fully saturated rings. The summed E-state index contributed by atoms with van der Waals surface area (Å²) < 4.78 is 1.68. The number of fused-ring (bicyclic) bond motifs is 1. The predicted molar refractivity (Wildman–Crippen MR) is 105 cm³/mol. The van der Waals surface area contributed by atoms with E-state index in [1.165, 1.54) is 23.1 Å². The first-order chi connectivity index (χ1) is 13.1. The van der Waals surface area contributed by atoms with Crippen LogP contribution < -0.4 is 11.0 Å². The first-order valence-electron chi connectivity index (χ1n) is 9.10. The van der Waals surface area contributed by atoms with Gasteiger partial charge in [0.25, 0.3) is 0 Å². The predicted octanol–water partition coefficient (Wildman–Crippen LogP) is 1.65. The molecule has 2 heterocycles. The second kappa shape index (κ2) is 9.43. The van der Waals surface area contributed by atoms with Crippen molar-refractivity contribution >= 4 is 34.1 Å². The van der Waals surface area contributed by atoms with Crippen LogP contribution in [-0.4, -0.2) is 43.1 Å². The Kier molecular flexibility index (Phi) is 6.97. The molecule has 2 aromatic rings. The summed E-state index contributed by atoms with van der Waals surface area (Å²) in [6.45, 7) is 2.51. The van der Waals surface area contributed by atoms with Gasteiger partial charge in [0.1, 0.15) is 10.0 Å². The van der Waals surface area contributed by atoms with Gasteiger partial charge in [0.15, 0.2) is 0 Å². The van der Waals surface area contributed by atoms with Crippen LogP contribution in [0.3, 0.4) is 0 Å². The highest BCUT2D eigenvalue weighted by Gasteiger charge is 2.21.